The summed E-state index contributed by atoms with van der Waals surface area (Å²) in [4.78, 5) is 13.5. The van der Waals surface area contributed by atoms with E-state index < -0.39 is 0 Å². The summed E-state index contributed by atoms with van der Waals surface area (Å²) >= 11 is 6.05. The lowest BCUT2D eigenvalue weighted by atomic mass is 9.92. The summed E-state index contributed by atoms with van der Waals surface area (Å²) in [5.74, 6) is -0.373. The number of primary amides is 1. The highest BCUT2D eigenvalue weighted by atomic mass is 35.5. The quantitative estimate of drug-likeness (QED) is 0.902. The second-order valence-corrected chi connectivity index (χ2v) is 5.36. The summed E-state index contributed by atoms with van der Waals surface area (Å²) in [6.07, 6.45) is 1.75. The molecule has 0 saturated carbocycles. The number of hydrogen-bond donors (Lipinski definition) is 1. The van der Waals surface area contributed by atoms with E-state index in [9.17, 15) is 4.79 Å². The van der Waals surface area contributed by atoms with E-state index in [0.29, 0.717) is 23.2 Å². The molecule has 0 spiro atoms. The molecule has 1 amide bonds. The van der Waals surface area contributed by atoms with Crippen LogP contribution in [0.5, 0.6) is 0 Å². The average molecular weight is 278 g/mol. The first-order valence-electron chi connectivity index (χ1n) is 6.28. The third-order valence-corrected chi connectivity index (χ3v) is 4.00. The van der Waals surface area contributed by atoms with Crippen molar-refractivity contribution in [1.82, 2.24) is 0 Å². The smallest absolute Gasteiger partial charge is 0.222 e. The number of nitrogens with zero attached hydrogens (tertiary/aromatic N) is 2. The van der Waals surface area contributed by atoms with Gasteiger partial charge in [-0.1, -0.05) is 11.6 Å². The lowest BCUT2D eigenvalue weighted by molar-refractivity contribution is -0.122. The fourth-order valence-electron chi connectivity index (χ4n) is 2.47. The molecule has 1 aliphatic rings. The number of nitrogens with two attached hydrogens (primary N) is 1. The normalized spacial score (nSPS) is 22.9. The molecule has 1 heterocycles. The Hall–Kier alpha value is -1.73. The fraction of sp³-hybridized carbons (Fsp3) is 0.429. The second kappa shape index (κ2) is 5.50. The molecule has 1 fully saturated rings. The molecular weight excluding hydrogens is 262 g/mol. The highest BCUT2D eigenvalue weighted by Crippen LogP contribution is 2.30. The predicted octanol–water partition coefficient (Wildman–Crippen LogP) is 2.30. The molecule has 0 bridgehead atoms. The van der Waals surface area contributed by atoms with Gasteiger partial charge in [0.1, 0.15) is 6.07 Å². The summed E-state index contributed by atoms with van der Waals surface area (Å²) in [5.41, 5.74) is 6.79. The van der Waals surface area contributed by atoms with Gasteiger partial charge in [0, 0.05) is 18.3 Å². The fourth-order valence-corrected chi connectivity index (χ4v) is 2.69. The van der Waals surface area contributed by atoms with Gasteiger partial charge < -0.3 is 10.6 Å². The molecule has 0 aromatic heterocycles. The first kappa shape index (κ1) is 13.7. The van der Waals surface area contributed by atoms with Crippen LogP contribution >= 0.6 is 11.6 Å². The molecule has 1 aromatic carbocycles. The maximum atomic E-state index is 11.3. The van der Waals surface area contributed by atoms with Crippen molar-refractivity contribution in [3.63, 3.8) is 0 Å². The summed E-state index contributed by atoms with van der Waals surface area (Å²) in [7, 11) is 0. The van der Waals surface area contributed by atoms with E-state index in [1.54, 1.807) is 12.1 Å². The van der Waals surface area contributed by atoms with Gasteiger partial charge in [-0.15, -0.1) is 0 Å². The van der Waals surface area contributed by atoms with Crippen LogP contribution in [0.2, 0.25) is 5.02 Å². The number of carbonyl (C=O) groups excluding carboxylic acids is 1. The lowest BCUT2D eigenvalue weighted by Crippen LogP contribution is -2.45. The lowest BCUT2D eigenvalue weighted by Gasteiger charge is -2.38. The Kier molecular flexibility index (Phi) is 3.96. The Morgan fingerprint density at radius 3 is 2.84 bits per heavy atom. The highest BCUT2D eigenvalue weighted by molar-refractivity contribution is 6.32. The Bertz CT molecular complexity index is 538. The number of halogens is 1. The molecule has 5 heteroatoms. The van der Waals surface area contributed by atoms with Gasteiger partial charge in [0.05, 0.1) is 16.5 Å². The van der Waals surface area contributed by atoms with Crippen LogP contribution in [0, 0.1) is 17.2 Å². The van der Waals surface area contributed by atoms with Crippen LogP contribution < -0.4 is 10.6 Å². The summed E-state index contributed by atoms with van der Waals surface area (Å²) < 4.78 is 0. The van der Waals surface area contributed by atoms with Gasteiger partial charge in [-0.3, -0.25) is 4.79 Å². The van der Waals surface area contributed by atoms with Crippen molar-refractivity contribution >= 4 is 23.2 Å². The number of benzene rings is 1. The number of carbonyl (C=O) groups is 1. The molecule has 1 saturated heterocycles. The molecule has 19 heavy (non-hydrogen) atoms. The van der Waals surface area contributed by atoms with Gasteiger partial charge in [0.15, 0.2) is 0 Å². The van der Waals surface area contributed by atoms with Crippen molar-refractivity contribution in [2.75, 3.05) is 11.4 Å². The Labute approximate surface area is 117 Å². The molecule has 2 N–H and O–H groups in total. The molecule has 0 radical (unpaired) electrons. The molecule has 2 atom stereocenters. The molecule has 1 aromatic rings. The molecule has 4 nitrogen and oxygen atoms in total. The van der Waals surface area contributed by atoms with Crippen molar-refractivity contribution in [1.29, 1.82) is 5.26 Å². The Morgan fingerprint density at radius 1 is 1.53 bits per heavy atom. The van der Waals surface area contributed by atoms with Crippen LogP contribution in [0.3, 0.4) is 0 Å². The summed E-state index contributed by atoms with van der Waals surface area (Å²) in [6, 6.07) is 7.72. The van der Waals surface area contributed by atoms with Crippen molar-refractivity contribution in [3.8, 4) is 6.07 Å². The van der Waals surface area contributed by atoms with Gasteiger partial charge in [-0.25, -0.2) is 0 Å². The molecule has 0 aliphatic carbocycles. The minimum atomic E-state index is -0.253. The molecular formula is C14H16ClN3O. The van der Waals surface area contributed by atoms with Crippen molar-refractivity contribution in [2.45, 2.75) is 25.8 Å². The van der Waals surface area contributed by atoms with Crippen LogP contribution in [0.1, 0.15) is 25.3 Å². The van der Waals surface area contributed by atoms with Gasteiger partial charge in [0.2, 0.25) is 5.91 Å². The zero-order chi connectivity index (χ0) is 14.0. The first-order chi connectivity index (χ1) is 9.02. The zero-order valence-electron chi connectivity index (χ0n) is 10.8. The summed E-state index contributed by atoms with van der Waals surface area (Å²) in [6.45, 7) is 2.72. The van der Waals surface area contributed by atoms with Crippen LogP contribution in [0.15, 0.2) is 18.2 Å². The molecule has 100 valence electrons. The minimum absolute atomic E-state index is 0.120. The maximum absolute atomic E-state index is 11.3. The Balaban J connectivity index is 2.26. The van der Waals surface area contributed by atoms with E-state index in [4.69, 9.17) is 22.6 Å². The monoisotopic (exact) mass is 277 g/mol. The zero-order valence-corrected chi connectivity index (χ0v) is 11.5. The average Bonchev–Trinajstić information content (AvgIpc) is 2.38. The molecule has 2 unspecified atom stereocenters. The van der Waals surface area contributed by atoms with Crippen molar-refractivity contribution in [2.24, 2.45) is 11.7 Å². The van der Waals surface area contributed by atoms with Gasteiger partial charge in [-0.2, -0.15) is 5.26 Å². The van der Waals surface area contributed by atoms with E-state index in [0.717, 1.165) is 18.5 Å². The minimum Gasteiger partial charge on any atom is -0.369 e. The SMILES string of the molecule is CC1CCC(C(N)=O)CN1c1ccc(C#N)c(Cl)c1. The first-order valence-corrected chi connectivity index (χ1v) is 6.66. The number of hydrogen-bond acceptors (Lipinski definition) is 3. The third-order valence-electron chi connectivity index (χ3n) is 3.69. The van der Waals surface area contributed by atoms with E-state index >= 15 is 0 Å². The molecule has 2 rings (SSSR count). The van der Waals surface area contributed by atoms with Crippen molar-refractivity contribution in [3.05, 3.63) is 28.8 Å². The standard InChI is InChI=1S/C14H16ClN3O/c1-9-2-3-11(14(17)19)8-18(9)12-5-4-10(7-16)13(15)6-12/h4-6,9,11H,2-3,8H2,1H3,(H2,17,19). The van der Waals surface area contributed by atoms with E-state index in [2.05, 4.69) is 11.8 Å². The largest absolute Gasteiger partial charge is 0.369 e. The topological polar surface area (TPSA) is 70.1 Å². The maximum Gasteiger partial charge on any atom is 0.222 e. The van der Waals surface area contributed by atoms with Crippen LogP contribution in [0.4, 0.5) is 5.69 Å². The van der Waals surface area contributed by atoms with Gasteiger partial charge >= 0.3 is 0 Å². The second-order valence-electron chi connectivity index (χ2n) is 4.95. The Morgan fingerprint density at radius 2 is 2.26 bits per heavy atom. The van der Waals surface area contributed by atoms with Crippen LogP contribution in [-0.2, 0) is 4.79 Å². The third kappa shape index (κ3) is 2.82. The van der Waals surface area contributed by atoms with E-state index in [1.165, 1.54) is 0 Å². The summed E-state index contributed by atoms with van der Waals surface area (Å²) in [5, 5.41) is 9.32. The highest BCUT2D eigenvalue weighted by Gasteiger charge is 2.28. The van der Waals surface area contributed by atoms with E-state index in [-0.39, 0.29) is 11.8 Å². The van der Waals surface area contributed by atoms with Crippen LogP contribution in [0.25, 0.3) is 0 Å². The van der Waals surface area contributed by atoms with E-state index in [1.807, 2.05) is 12.1 Å². The van der Waals surface area contributed by atoms with Gasteiger partial charge in [-0.05, 0) is 38.0 Å². The van der Waals surface area contributed by atoms with Crippen LogP contribution in [-0.4, -0.2) is 18.5 Å². The number of anilines is 1. The molecule has 1 aliphatic heterocycles. The number of nitriles is 1. The predicted molar refractivity (Wildman–Crippen MR) is 74.9 cm³/mol. The number of piperidine rings is 1. The van der Waals surface area contributed by atoms with Crippen molar-refractivity contribution < 1.29 is 4.79 Å². The number of amides is 1. The number of rotatable bonds is 2. The van der Waals surface area contributed by atoms with Gasteiger partial charge in [0.25, 0.3) is 0 Å².